The van der Waals surface area contributed by atoms with Gasteiger partial charge < -0.3 is 9.73 Å². The maximum atomic E-state index is 5.41. The molecule has 0 fully saturated rings. The monoisotopic (exact) mass is 272 g/mol. The third-order valence-electron chi connectivity index (χ3n) is 1.93. The van der Waals surface area contributed by atoms with Gasteiger partial charge in [0.1, 0.15) is 11.8 Å². The third-order valence-corrected chi connectivity index (χ3v) is 3.43. The van der Waals surface area contributed by atoms with Crippen molar-refractivity contribution in [2.24, 2.45) is 0 Å². The molecule has 74 valence electrons. The summed E-state index contributed by atoms with van der Waals surface area (Å²) in [6.45, 7) is 0. The van der Waals surface area contributed by atoms with E-state index in [-0.39, 0.29) is 6.04 Å². The summed E-state index contributed by atoms with van der Waals surface area (Å²) in [6.07, 6.45) is 3.52. The van der Waals surface area contributed by atoms with Crippen molar-refractivity contribution in [3.8, 4) is 0 Å². The molecule has 1 N–H and O–H groups in total. The summed E-state index contributed by atoms with van der Waals surface area (Å²) in [5.41, 5.74) is 1.82. The number of furan rings is 1. The summed E-state index contributed by atoms with van der Waals surface area (Å²) in [7, 11) is 1.90. The van der Waals surface area contributed by atoms with E-state index in [1.807, 2.05) is 24.8 Å². The van der Waals surface area contributed by atoms with Crippen molar-refractivity contribution in [3.05, 3.63) is 39.1 Å². The van der Waals surface area contributed by atoms with Gasteiger partial charge in [0.25, 0.3) is 0 Å². The summed E-state index contributed by atoms with van der Waals surface area (Å²) in [5, 5.41) is 3.19. The molecule has 0 aromatic carbocycles. The lowest BCUT2D eigenvalue weighted by Crippen LogP contribution is -2.16. The van der Waals surface area contributed by atoms with Crippen molar-refractivity contribution in [2.45, 2.75) is 6.04 Å². The van der Waals surface area contributed by atoms with Crippen LogP contribution in [0.3, 0.4) is 0 Å². The van der Waals surface area contributed by atoms with E-state index >= 15 is 0 Å². The summed E-state index contributed by atoms with van der Waals surface area (Å²) in [6, 6.07) is 1.97. The molecule has 5 heteroatoms. The Hall–Kier alpha value is -0.650. The van der Waals surface area contributed by atoms with Gasteiger partial charge in [0.15, 0.2) is 0 Å². The summed E-state index contributed by atoms with van der Waals surface area (Å²) in [4.78, 5) is 5.19. The van der Waals surface area contributed by atoms with Gasteiger partial charge in [-0.3, -0.25) is 4.98 Å². The van der Waals surface area contributed by atoms with Crippen LogP contribution in [-0.4, -0.2) is 12.0 Å². The molecule has 0 bridgehead atoms. The Morgan fingerprint density at radius 3 is 3.00 bits per heavy atom. The van der Waals surface area contributed by atoms with E-state index in [0.29, 0.717) is 0 Å². The lowest BCUT2D eigenvalue weighted by molar-refractivity contribution is 0.463. The molecule has 0 saturated heterocycles. The Bertz CT molecular complexity index is 399. The van der Waals surface area contributed by atoms with Crippen molar-refractivity contribution in [1.82, 2.24) is 10.3 Å². The number of rotatable bonds is 3. The second kappa shape index (κ2) is 4.25. The van der Waals surface area contributed by atoms with Gasteiger partial charge in [-0.1, -0.05) is 0 Å². The van der Waals surface area contributed by atoms with Crippen LogP contribution in [-0.2, 0) is 0 Å². The number of hydrogen-bond acceptors (Lipinski definition) is 4. The van der Waals surface area contributed by atoms with Crippen LogP contribution in [0.25, 0.3) is 0 Å². The Kier molecular flexibility index (Phi) is 3.00. The molecule has 0 radical (unpaired) electrons. The second-order valence-electron chi connectivity index (χ2n) is 2.76. The molecule has 0 aliphatic rings. The standard InChI is InChI=1S/C9H9BrN2OS/c1-11-8(7-4-12-5-14-7)9-6(10)2-3-13-9/h2-5,8,11H,1H3. The molecule has 0 aliphatic heterocycles. The molecular weight excluding hydrogens is 264 g/mol. The molecule has 1 atom stereocenters. The van der Waals surface area contributed by atoms with Crippen LogP contribution < -0.4 is 5.32 Å². The van der Waals surface area contributed by atoms with Crippen LogP contribution in [0.4, 0.5) is 0 Å². The topological polar surface area (TPSA) is 38.1 Å². The van der Waals surface area contributed by atoms with E-state index in [1.54, 1.807) is 17.6 Å². The zero-order valence-corrected chi connectivity index (χ0v) is 9.93. The number of nitrogens with one attached hydrogen (secondary N) is 1. The van der Waals surface area contributed by atoms with Gasteiger partial charge in [0, 0.05) is 11.1 Å². The van der Waals surface area contributed by atoms with Gasteiger partial charge in [-0.15, -0.1) is 11.3 Å². The summed E-state index contributed by atoms with van der Waals surface area (Å²) in [5.74, 6) is 0.886. The zero-order chi connectivity index (χ0) is 9.97. The maximum absolute atomic E-state index is 5.41. The molecule has 2 rings (SSSR count). The Balaban J connectivity index is 2.36. The van der Waals surface area contributed by atoms with E-state index in [4.69, 9.17) is 4.42 Å². The average Bonchev–Trinajstić information content (AvgIpc) is 2.80. The lowest BCUT2D eigenvalue weighted by Gasteiger charge is -2.11. The molecule has 0 spiro atoms. The van der Waals surface area contributed by atoms with Crippen molar-refractivity contribution in [3.63, 3.8) is 0 Å². The van der Waals surface area contributed by atoms with Gasteiger partial charge in [0.05, 0.1) is 16.2 Å². The van der Waals surface area contributed by atoms with Crippen molar-refractivity contribution in [2.75, 3.05) is 7.05 Å². The first-order chi connectivity index (χ1) is 6.83. The molecule has 14 heavy (non-hydrogen) atoms. The zero-order valence-electron chi connectivity index (χ0n) is 7.53. The van der Waals surface area contributed by atoms with Crippen LogP contribution >= 0.6 is 27.3 Å². The first-order valence-corrected chi connectivity index (χ1v) is 5.78. The van der Waals surface area contributed by atoms with E-state index in [9.17, 15) is 0 Å². The SMILES string of the molecule is CNC(c1cncs1)c1occc1Br. The Morgan fingerprint density at radius 1 is 1.64 bits per heavy atom. The van der Waals surface area contributed by atoms with E-state index < -0.39 is 0 Å². The summed E-state index contributed by atoms with van der Waals surface area (Å²) >= 11 is 5.05. The molecule has 0 aliphatic carbocycles. The smallest absolute Gasteiger partial charge is 0.140 e. The molecule has 2 aromatic rings. The minimum absolute atomic E-state index is 0.0758. The van der Waals surface area contributed by atoms with Crippen LogP contribution in [0.1, 0.15) is 16.7 Å². The highest BCUT2D eigenvalue weighted by molar-refractivity contribution is 9.10. The van der Waals surface area contributed by atoms with Crippen LogP contribution in [0.2, 0.25) is 0 Å². The minimum atomic E-state index is 0.0758. The second-order valence-corrected chi connectivity index (χ2v) is 4.53. The number of hydrogen-bond donors (Lipinski definition) is 1. The average molecular weight is 273 g/mol. The third kappa shape index (κ3) is 1.75. The minimum Gasteiger partial charge on any atom is -0.466 e. The van der Waals surface area contributed by atoms with Gasteiger partial charge in [-0.05, 0) is 29.0 Å². The first-order valence-electron chi connectivity index (χ1n) is 4.11. The molecule has 0 saturated carbocycles. The molecule has 3 nitrogen and oxygen atoms in total. The fourth-order valence-corrected chi connectivity index (χ4v) is 2.44. The fourth-order valence-electron chi connectivity index (χ4n) is 1.28. The van der Waals surface area contributed by atoms with Gasteiger partial charge in [0.2, 0.25) is 0 Å². The maximum Gasteiger partial charge on any atom is 0.140 e. The molecule has 2 aromatic heterocycles. The predicted octanol–water partition coefficient (Wildman–Crippen LogP) is 2.81. The first kappa shape index (κ1) is 9.89. The lowest BCUT2D eigenvalue weighted by atomic mass is 10.2. The highest BCUT2D eigenvalue weighted by Gasteiger charge is 2.19. The van der Waals surface area contributed by atoms with Crippen molar-refractivity contribution >= 4 is 27.3 Å². The molecule has 0 amide bonds. The number of nitrogens with zero attached hydrogens (tertiary/aromatic N) is 1. The molecular formula is C9H9BrN2OS. The van der Waals surface area contributed by atoms with Crippen molar-refractivity contribution in [1.29, 1.82) is 0 Å². The van der Waals surface area contributed by atoms with Crippen molar-refractivity contribution < 1.29 is 4.42 Å². The van der Waals surface area contributed by atoms with Gasteiger partial charge >= 0.3 is 0 Å². The van der Waals surface area contributed by atoms with E-state index in [0.717, 1.165) is 15.1 Å². The Labute approximate surface area is 94.3 Å². The van der Waals surface area contributed by atoms with Crippen LogP contribution in [0.5, 0.6) is 0 Å². The Morgan fingerprint density at radius 2 is 2.50 bits per heavy atom. The largest absolute Gasteiger partial charge is 0.466 e. The molecule has 1 unspecified atom stereocenters. The van der Waals surface area contributed by atoms with Crippen LogP contribution in [0, 0.1) is 0 Å². The quantitative estimate of drug-likeness (QED) is 0.934. The fraction of sp³-hybridized carbons (Fsp3) is 0.222. The molecule has 2 heterocycles. The van der Waals surface area contributed by atoms with Gasteiger partial charge in [-0.2, -0.15) is 0 Å². The normalized spacial score (nSPS) is 13.0. The van der Waals surface area contributed by atoms with Crippen LogP contribution in [0.15, 0.2) is 32.9 Å². The highest BCUT2D eigenvalue weighted by atomic mass is 79.9. The predicted molar refractivity (Wildman–Crippen MR) is 59.4 cm³/mol. The number of aromatic nitrogens is 1. The number of thiazole rings is 1. The number of halogens is 1. The van der Waals surface area contributed by atoms with Gasteiger partial charge in [-0.25, -0.2) is 0 Å². The summed E-state index contributed by atoms with van der Waals surface area (Å²) < 4.78 is 6.39. The van der Waals surface area contributed by atoms with E-state index in [2.05, 4.69) is 26.2 Å². The highest BCUT2D eigenvalue weighted by Crippen LogP contribution is 2.30. The van der Waals surface area contributed by atoms with E-state index in [1.165, 1.54) is 0 Å².